The van der Waals surface area contributed by atoms with Gasteiger partial charge in [-0.3, -0.25) is 4.79 Å². The molecule has 2 aromatic rings. The molecule has 2 aromatic carbocycles. The van der Waals surface area contributed by atoms with Crippen LogP contribution in [0.3, 0.4) is 0 Å². The first-order chi connectivity index (χ1) is 11.6. The van der Waals surface area contributed by atoms with Crippen molar-refractivity contribution in [3.05, 3.63) is 65.2 Å². The van der Waals surface area contributed by atoms with E-state index in [1.807, 2.05) is 12.3 Å². The molecule has 124 valence electrons. The summed E-state index contributed by atoms with van der Waals surface area (Å²) in [6, 6.07) is 12.2. The minimum Gasteiger partial charge on any atom is -0.496 e. The van der Waals surface area contributed by atoms with Crippen molar-refractivity contribution in [1.82, 2.24) is 0 Å². The number of hydrogen-bond donors (Lipinski definition) is 0. The van der Waals surface area contributed by atoms with E-state index in [1.165, 1.54) is 13.2 Å². The van der Waals surface area contributed by atoms with Crippen LogP contribution in [0.1, 0.15) is 26.3 Å². The summed E-state index contributed by atoms with van der Waals surface area (Å²) in [6.07, 6.45) is 5.16. The van der Waals surface area contributed by atoms with Crippen LogP contribution in [0.25, 0.3) is 6.08 Å². The molecule has 0 spiro atoms. The minimum absolute atomic E-state index is 0.113. The topological polar surface area (TPSA) is 52.6 Å². The van der Waals surface area contributed by atoms with Gasteiger partial charge in [0.05, 0.1) is 19.8 Å². The molecule has 24 heavy (non-hydrogen) atoms. The number of ketones is 1. The fraction of sp³-hybridized carbons (Fsp3) is 0.158. The maximum atomic E-state index is 12.3. The van der Waals surface area contributed by atoms with Crippen LogP contribution >= 0.6 is 11.8 Å². The molecular formula is C19H18O4S. The van der Waals surface area contributed by atoms with Crippen LogP contribution in [0.2, 0.25) is 0 Å². The molecule has 0 atom stereocenters. The first-order valence-corrected chi connectivity index (χ1v) is 8.44. The summed E-state index contributed by atoms with van der Waals surface area (Å²) in [6.45, 7) is 0. The molecule has 0 aromatic heterocycles. The molecule has 5 heteroatoms. The number of carbonyl (C=O) groups is 2. The van der Waals surface area contributed by atoms with Gasteiger partial charge in [-0.15, -0.1) is 11.8 Å². The molecule has 0 amide bonds. The lowest BCUT2D eigenvalue weighted by atomic mass is 10.1. The van der Waals surface area contributed by atoms with E-state index in [-0.39, 0.29) is 11.8 Å². The number of rotatable bonds is 6. The third-order valence-electron chi connectivity index (χ3n) is 3.43. The monoisotopic (exact) mass is 342 g/mol. The van der Waals surface area contributed by atoms with E-state index in [4.69, 9.17) is 4.74 Å². The summed E-state index contributed by atoms with van der Waals surface area (Å²) in [7, 11) is 2.92. The van der Waals surface area contributed by atoms with Crippen LogP contribution in [0.15, 0.2) is 53.4 Å². The van der Waals surface area contributed by atoms with Gasteiger partial charge in [-0.05, 0) is 48.2 Å². The second-order valence-electron chi connectivity index (χ2n) is 4.88. The van der Waals surface area contributed by atoms with Crippen molar-refractivity contribution in [3.63, 3.8) is 0 Å². The van der Waals surface area contributed by atoms with Gasteiger partial charge in [-0.25, -0.2) is 4.79 Å². The van der Waals surface area contributed by atoms with E-state index in [2.05, 4.69) is 4.74 Å². The van der Waals surface area contributed by atoms with Crippen LogP contribution in [-0.4, -0.2) is 32.2 Å². The predicted octanol–water partition coefficient (Wildman–Crippen LogP) is 4.10. The first kappa shape index (κ1) is 17.8. The van der Waals surface area contributed by atoms with E-state index in [9.17, 15) is 9.59 Å². The fourth-order valence-electron chi connectivity index (χ4n) is 2.11. The van der Waals surface area contributed by atoms with E-state index < -0.39 is 0 Å². The van der Waals surface area contributed by atoms with Crippen LogP contribution in [-0.2, 0) is 4.74 Å². The minimum atomic E-state index is -0.386. The molecule has 0 aliphatic rings. The third kappa shape index (κ3) is 4.26. The van der Waals surface area contributed by atoms with Gasteiger partial charge in [0, 0.05) is 10.5 Å². The molecule has 0 saturated carbocycles. The molecule has 2 rings (SSSR count). The third-order valence-corrected chi connectivity index (χ3v) is 4.20. The van der Waals surface area contributed by atoms with Gasteiger partial charge in [-0.2, -0.15) is 0 Å². The Balaban J connectivity index is 2.14. The smallest absolute Gasteiger partial charge is 0.337 e. The number of methoxy groups -OCH3 is 2. The Bertz CT molecular complexity index is 763. The molecular weight excluding hydrogens is 324 g/mol. The van der Waals surface area contributed by atoms with Crippen LogP contribution < -0.4 is 4.74 Å². The van der Waals surface area contributed by atoms with Gasteiger partial charge in [0.1, 0.15) is 5.75 Å². The standard InChI is InChI=1S/C19H18O4S/c1-22-17-12-15(9-11-18(17)24-3)16(20)10-6-13-4-7-14(8-5-13)19(21)23-2/h4-12H,1-3H3. The van der Waals surface area contributed by atoms with Gasteiger partial charge in [0.25, 0.3) is 0 Å². The van der Waals surface area contributed by atoms with Crippen molar-refractivity contribution in [2.45, 2.75) is 4.90 Å². The van der Waals surface area contributed by atoms with Gasteiger partial charge < -0.3 is 9.47 Å². The summed E-state index contributed by atoms with van der Waals surface area (Å²) >= 11 is 1.56. The number of hydrogen-bond acceptors (Lipinski definition) is 5. The second kappa shape index (κ2) is 8.36. The van der Waals surface area contributed by atoms with Crippen molar-refractivity contribution in [3.8, 4) is 5.75 Å². The molecule has 0 fully saturated rings. The maximum Gasteiger partial charge on any atom is 0.337 e. The number of benzene rings is 2. The average Bonchev–Trinajstić information content (AvgIpc) is 2.65. The summed E-state index contributed by atoms with van der Waals surface area (Å²) in [4.78, 5) is 24.6. The van der Waals surface area contributed by atoms with Gasteiger partial charge >= 0.3 is 5.97 Å². The fourth-order valence-corrected chi connectivity index (χ4v) is 2.65. The van der Waals surface area contributed by atoms with Crippen molar-refractivity contribution in [2.75, 3.05) is 20.5 Å². The summed E-state index contributed by atoms with van der Waals surface area (Å²) in [5.74, 6) is 0.185. The first-order valence-electron chi connectivity index (χ1n) is 7.22. The molecule has 0 radical (unpaired) electrons. The van der Waals surface area contributed by atoms with Crippen LogP contribution in [0, 0.1) is 0 Å². The summed E-state index contributed by atoms with van der Waals surface area (Å²) in [5.41, 5.74) is 1.86. The normalized spacial score (nSPS) is 10.6. The molecule has 0 N–H and O–H groups in total. The Hall–Kier alpha value is -2.53. The lowest BCUT2D eigenvalue weighted by molar-refractivity contribution is 0.0600. The van der Waals surface area contributed by atoms with Crippen LogP contribution in [0.5, 0.6) is 5.75 Å². The zero-order chi connectivity index (χ0) is 17.5. The second-order valence-corrected chi connectivity index (χ2v) is 5.73. The Kier molecular flexibility index (Phi) is 6.21. The largest absolute Gasteiger partial charge is 0.496 e. The highest BCUT2D eigenvalue weighted by Gasteiger charge is 2.08. The quantitative estimate of drug-likeness (QED) is 0.342. The molecule has 4 nitrogen and oxygen atoms in total. The Morgan fingerprint density at radius 2 is 1.67 bits per heavy atom. The molecule has 0 aliphatic carbocycles. The highest BCUT2D eigenvalue weighted by molar-refractivity contribution is 7.98. The summed E-state index contributed by atoms with van der Waals surface area (Å²) < 4.78 is 9.94. The Morgan fingerprint density at radius 3 is 2.25 bits per heavy atom. The van der Waals surface area contributed by atoms with Crippen LogP contribution in [0.4, 0.5) is 0 Å². The number of ether oxygens (including phenoxy) is 2. The van der Waals surface area contributed by atoms with Crippen molar-refractivity contribution in [2.24, 2.45) is 0 Å². The average molecular weight is 342 g/mol. The van der Waals surface area contributed by atoms with E-state index in [0.717, 1.165) is 10.5 Å². The van der Waals surface area contributed by atoms with Crippen molar-refractivity contribution in [1.29, 1.82) is 0 Å². The lowest BCUT2D eigenvalue weighted by Gasteiger charge is -2.07. The SMILES string of the molecule is COC(=O)c1ccc(C=CC(=O)c2ccc(SC)c(OC)c2)cc1. The Morgan fingerprint density at radius 1 is 1.00 bits per heavy atom. The highest BCUT2D eigenvalue weighted by atomic mass is 32.2. The molecule has 0 heterocycles. The number of allylic oxidation sites excluding steroid dienone is 1. The number of esters is 1. The van der Waals surface area contributed by atoms with Gasteiger partial charge in [-0.1, -0.05) is 18.2 Å². The van der Waals surface area contributed by atoms with E-state index in [1.54, 1.807) is 61.3 Å². The van der Waals surface area contributed by atoms with Gasteiger partial charge in [0.15, 0.2) is 5.78 Å². The highest BCUT2D eigenvalue weighted by Crippen LogP contribution is 2.28. The van der Waals surface area contributed by atoms with E-state index >= 15 is 0 Å². The predicted molar refractivity (Wildman–Crippen MR) is 95.9 cm³/mol. The summed E-state index contributed by atoms with van der Waals surface area (Å²) in [5, 5.41) is 0. The molecule has 0 unspecified atom stereocenters. The van der Waals surface area contributed by atoms with Gasteiger partial charge in [0.2, 0.25) is 0 Å². The van der Waals surface area contributed by atoms with Crippen molar-refractivity contribution >= 4 is 29.6 Å². The molecule has 0 saturated heterocycles. The zero-order valence-electron chi connectivity index (χ0n) is 13.7. The van der Waals surface area contributed by atoms with Crippen molar-refractivity contribution < 1.29 is 19.1 Å². The van der Waals surface area contributed by atoms with E-state index in [0.29, 0.717) is 16.9 Å². The lowest BCUT2D eigenvalue weighted by Crippen LogP contribution is -2.00. The molecule has 0 aliphatic heterocycles. The molecule has 0 bridgehead atoms. The number of thioether (sulfide) groups is 1. The zero-order valence-corrected chi connectivity index (χ0v) is 14.6. The number of carbonyl (C=O) groups excluding carboxylic acids is 2. The Labute approximate surface area is 145 Å². The maximum absolute atomic E-state index is 12.3.